The molecule has 0 bridgehead atoms. The predicted octanol–water partition coefficient (Wildman–Crippen LogP) is 6.10. The minimum absolute atomic E-state index is 0.00571. The van der Waals surface area contributed by atoms with E-state index in [0.29, 0.717) is 17.3 Å². The molecule has 5 nitrogen and oxygen atoms in total. The van der Waals surface area contributed by atoms with Gasteiger partial charge in [-0.3, -0.25) is 4.90 Å². The molecule has 13 heteroatoms. The van der Waals surface area contributed by atoms with Gasteiger partial charge in [0.2, 0.25) is 0 Å². The molecule has 0 fully saturated rings. The fourth-order valence-corrected chi connectivity index (χ4v) is 2.91. The summed E-state index contributed by atoms with van der Waals surface area (Å²) in [6, 6.07) is 3.86. The fourth-order valence-electron chi connectivity index (χ4n) is 2.55. The normalized spacial score (nSPS) is 12.5. The molecule has 0 heterocycles. The predicted molar refractivity (Wildman–Crippen MR) is 103 cm³/mol. The van der Waals surface area contributed by atoms with E-state index >= 15 is 0 Å². The molecule has 0 aromatic heterocycles. The van der Waals surface area contributed by atoms with E-state index in [-0.39, 0.29) is 11.8 Å². The number of carbonyl (C=O) groups excluding carboxylic acids is 1. The number of rotatable bonds is 4. The molecular formula is C19H13ClF7N3O2. The molecule has 0 radical (unpaired) electrons. The Labute approximate surface area is 181 Å². The first-order valence-corrected chi connectivity index (χ1v) is 8.74. The molecule has 0 aliphatic heterocycles. The maximum absolute atomic E-state index is 13.7. The number of carbonyl (C=O) groups is 1. The number of benzene rings is 2. The molecule has 172 valence electrons. The number of hydrogen-bond acceptors (Lipinski definition) is 4. The molecule has 0 aliphatic rings. The Hall–Kier alpha value is -3.28. The number of nitrogens with two attached hydrogens (primary N) is 1. The smallest absolute Gasteiger partial charge is 0.409 e. The third-order valence-corrected chi connectivity index (χ3v) is 4.52. The number of hydrogen-bond donors (Lipinski definition) is 2. The number of allylic oxidation sites excluding steroid dienone is 1. The highest BCUT2D eigenvalue weighted by atomic mass is 35.5. The summed E-state index contributed by atoms with van der Waals surface area (Å²) >= 11 is 5.74. The second kappa shape index (κ2) is 9.07. The van der Waals surface area contributed by atoms with Gasteiger partial charge in [-0.1, -0.05) is 11.6 Å². The van der Waals surface area contributed by atoms with Gasteiger partial charge in [-0.25, -0.2) is 9.18 Å². The minimum Gasteiger partial charge on any atom is -0.409 e. The van der Waals surface area contributed by atoms with Crippen LogP contribution >= 0.6 is 11.6 Å². The average molecular weight is 484 g/mol. The summed E-state index contributed by atoms with van der Waals surface area (Å²) in [4.78, 5) is 13.2. The lowest BCUT2D eigenvalue weighted by molar-refractivity contribution is -0.143. The molecule has 32 heavy (non-hydrogen) atoms. The van der Waals surface area contributed by atoms with E-state index in [1.54, 1.807) is 0 Å². The zero-order valence-corrected chi connectivity index (χ0v) is 16.7. The van der Waals surface area contributed by atoms with Crippen LogP contribution < -0.4 is 15.4 Å². The SMILES string of the molecule is CN(C(=O)Oc1c(C(F)(F)F)cc(C(F)(F)F)c(Cl)c1/C(C=N)=C/N)c1ccc(F)cc1. The number of nitrogens with zero attached hydrogens (tertiary/aromatic N) is 1. The number of ether oxygens (including phenoxy) is 1. The molecule has 0 spiro atoms. The third-order valence-electron chi connectivity index (χ3n) is 4.13. The standard InChI is InChI=1S/C19H13ClF7N3O2/c1-30(11-4-2-10(21)3-5-11)17(31)32-16-13(19(25,26)27)6-12(18(22,23)24)15(20)14(16)9(7-28)8-29/h2-8,28H,29H2,1H3/b9-8+,28-7?. The molecule has 0 atom stereocenters. The largest absolute Gasteiger partial charge is 0.420 e. The van der Waals surface area contributed by atoms with Crippen LogP contribution in [0.2, 0.25) is 5.02 Å². The second-order valence-electron chi connectivity index (χ2n) is 6.16. The van der Waals surface area contributed by atoms with Gasteiger partial charge < -0.3 is 15.9 Å². The van der Waals surface area contributed by atoms with Crippen molar-refractivity contribution in [3.8, 4) is 5.75 Å². The highest BCUT2D eigenvalue weighted by molar-refractivity contribution is 6.35. The third kappa shape index (κ3) is 5.13. The van der Waals surface area contributed by atoms with Crippen LogP contribution in [0.15, 0.2) is 36.5 Å². The van der Waals surface area contributed by atoms with Gasteiger partial charge in [0.05, 0.1) is 16.1 Å². The molecule has 2 rings (SSSR count). The van der Waals surface area contributed by atoms with Crippen molar-refractivity contribution < 1.29 is 40.3 Å². The van der Waals surface area contributed by atoms with Crippen molar-refractivity contribution in [1.82, 2.24) is 0 Å². The van der Waals surface area contributed by atoms with Crippen LogP contribution in [-0.2, 0) is 12.4 Å². The molecule has 0 saturated heterocycles. The lowest BCUT2D eigenvalue weighted by Gasteiger charge is -2.23. The molecule has 1 amide bonds. The molecule has 0 aliphatic carbocycles. The van der Waals surface area contributed by atoms with Crippen molar-refractivity contribution >= 4 is 35.2 Å². The van der Waals surface area contributed by atoms with Crippen LogP contribution in [0.4, 0.5) is 41.2 Å². The summed E-state index contributed by atoms with van der Waals surface area (Å²) in [6.45, 7) is 0. The summed E-state index contributed by atoms with van der Waals surface area (Å²) in [5.41, 5.74) is -0.297. The second-order valence-corrected chi connectivity index (χ2v) is 6.53. The van der Waals surface area contributed by atoms with Gasteiger partial charge in [0, 0.05) is 36.3 Å². The Morgan fingerprint density at radius 2 is 1.62 bits per heavy atom. The lowest BCUT2D eigenvalue weighted by atomic mass is 9.97. The first kappa shape index (κ1) is 25.0. The van der Waals surface area contributed by atoms with E-state index in [9.17, 15) is 35.5 Å². The van der Waals surface area contributed by atoms with E-state index in [1.807, 2.05) is 0 Å². The van der Waals surface area contributed by atoms with Crippen LogP contribution in [0.1, 0.15) is 16.7 Å². The van der Waals surface area contributed by atoms with E-state index < -0.39 is 57.3 Å². The topological polar surface area (TPSA) is 79.4 Å². The molecule has 2 aromatic rings. The monoisotopic (exact) mass is 483 g/mol. The zero-order chi connectivity index (χ0) is 24.4. The van der Waals surface area contributed by atoms with Gasteiger partial charge in [0.15, 0.2) is 5.75 Å². The molecule has 2 aromatic carbocycles. The Balaban J connectivity index is 2.76. The van der Waals surface area contributed by atoms with Crippen LogP contribution in [0.3, 0.4) is 0 Å². The number of anilines is 1. The van der Waals surface area contributed by atoms with Crippen LogP contribution in [-0.4, -0.2) is 19.4 Å². The Bertz CT molecular complexity index is 1060. The number of amides is 1. The maximum Gasteiger partial charge on any atom is 0.420 e. The van der Waals surface area contributed by atoms with Gasteiger partial charge in [-0.2, -0.15) is 26.3 Å². The van der Waals surface area contributed by atoms with Gasteiger partial charge in [0.25, 0.3) is 0 Å². The van der Waals surface area contributed by atoms with Gasteiger partial charge >= 0.3 is 18.4 Å². The molecule has 0 unspecified atom stereocenters. The van der Waals surface area contributed by atoms with Gasteiger partial charge in [0.1, 0.15) is 5.82 Å². The van der Waals surface area contributed by atoms with E-state index in [1.165, 1.54) is 0 Å². The van der Waals surface area contributed by atoms with Crippen molar-refractivity contribution in [3.05, 3.63) is 64.1 Å². The first-order valence-electron chi connectivity index (χ1n) is 8.37. The highest BCUT2D eigenvalue weighted by Gasteiger charge is 2.43. The van der Waals surface area contributed by atoms with Crippen molar-refractivity contribution in [2.24, 2.45) is 5.73 Å². The summed E-state index contributed by atoms with van der Waals surface area (Å²) in [6.07, 6.45) is -11.3. The van der Waals surface area contributed by atoms with E-state index in [0.717, 1.165) is 31.3 Å². The summed E-state index contributed by atoms with van der Waals surface area (Å²) < 4.78 is 98.9. The van der Waals surface area contributed by atoms with Crippen molar-refractivity contribution in [1.29, 1.82) is 5.41 Å². The Morgan fingerprint density at radius 3 is 2.06 bits per heavy atom. The van der Waals surface area contributed by atoms with Crippen molar-refractivity contribution in [2.45, 2.75) is 12.4 Å². The van der Waals surface area contributed by atoms with Crippen molar-refractivity contribution in [3.63, 3.8) is 0 Å². The molecule has 0 saturated carbocycles. The summed E-state index contributed by atoms with van der Waals surface area (Å²) in [5, 5.41) is 6.03. The lowest BCUT2D eigenvalue weighted by Crippen LogP contribution is -2.31. The highest BCUT2D eigenvalue weighted by Crippen LogP contribution is 2.48. The van der Waals surface area contributed by atoms with E-state index in [2.05, 4.69) is 0 Å². The quantitative estimate of drug-likeness (QED) is 0.407. The Kier molecular flexibility index (Phi) is 7.08. The molecule has 3 N–H and O–H groups in total. The summed E-state index contributed by atoms with van der Waals surface area (Å²) in [5.74, 6) is -2.04. The van der Waals surface area contributed by atoms with Crippen LogP contribution in [0.25, 0.3) is 5.57 Å². The van der Waals surface area contributed by atoms with Crippen molar-refractivity contribution in [2.75, 3.05) is 11.9 Å². The minimum atomic E-state index is -5.41. The fraction of sp³-hybridized carbons (Fsp3) is 0.158. The van der Waals surface area contributed by atoms with Gasteiger partial charge in [-0.15, -0.1) is 0 Å². The average Bonchev–Trinajstić information content (AvgIpc) is 2.68. The summed E-state index contributed by atoms with van der Waals surface area (Å²) in [7, 11) is 1.07. The van der Waals surface area contributed by atoms with E-state index in [4.69, 9.17) is 27.5 Å². The number of nitrogens with one attached hydrogen (secondary N) is 1. The molecular weight excluding hydrogens is 471 g/mol. The maximum atomic E-state index is 13.7. The van der Waals surface area contributed by atoms with Crippen LogP contribution in [0, 0.1) is 11.2 Å². The zero-order valence-electron chi connectivity index (χ0n) is 15.9. The first-order chi connectivity index (χ1) is 14.7. The number of halogens is 8. The van der Waals surface area contributed by atoms with Gasteiger partial charge in [-0.05, 0) is 30.3 Å². The van der Waals surface area contributed by atoms with Crippen LogP contribution in [0.5, 0.6) is 5.75 Å². The number of alkyl halides is 6. The Morgan fingerprint density at radius 1 is 1.09 bits per heavy atom.